The van der Waals surface area contributed by atoms with E-state index in [1.165, 1.54) is 5.56 Å². The van der Waals surface area contributed by atoms with Gasteiger partial charge in [0.15, 0.2) is 12.7 Å². The highest BCUT2D eigenvalue weighted by molar-refractivity contribution is 6.30. The Balaban J connectivity index is 1.72. The number of halogens is 1. The monoisotopic (exact) mass is 565 g/mol. The van der Waals surface area contributed by atoms with Gasteiger partial charge in [0.25, 0.3) is 5.91 Å². The second-order valence-electron chi connectivity index (χ2n) is 10.9. The summed E-state index contributed by atoms with van der Waals surface area (Å²) in [5.41, 5.74) is 4.15. The van der Waals surface area contributed by atoms with Crippen molar-refractivity contribution >= 4 is 23.5 Å². The molecule has 3 rings (SSSR count). The molecule has 0 aliphatic rings. The van der Waals surface area contributed by atoms with Crippen molar-refractivity contribution in [1.29, 1.82) is 0 Å². The average molecular weight is 566 g/mol. The Morgan fingerprint density at radius 3 is 1.90 bits per heavy atom. The van der Waals surface area contributed by atoms with E-state index in [4.69, 9.17) is 21.1 Å². The van der Waals surface area contributed by atoms with Gasteiger partial charge < -0.3 is 19.5 Å². The fraction of sp³-hybridized carbons (Fsp3) is 0.394. The Morgan fingerprint density at radius 1 is 0.875 bits per heavy atom. The quantitative estimate of drug-likeness (QED) is 0.236. The van der Waals surface area contributed by atoms with Gasteiger partial charge in [0.2, 0.25) is 0 Å². The summed E-state index contributed by atoms with van der Waals surface area (Å²) in [5.74, 6) is -0.870. The normalized spacial score (nSPS) is 12.9. The fourth-order valence-corrected chi connectivity index (χ4v) is 4.71. The zero-order chi connectivity index (χ0) is 29.3. The lowest BCUT2D eigenvalue weighted by atomic mass is 9.87. The molecule has 6 nitrogen and oxygen atoms in total. The maximum Gasteiger partial charge on any atom is 0.333 e. The summed E-state index contributed by atoms with van der Waals surface area (Å²) in [6.07, 6.45) is -0.297. The van der Waals surface area contributed by atoms with E-state index in [2.05, 4.69) is 45.0 Å². The molecule has 0 aliphatic heterocycles. The summed E-state index contributed by atoms with van der Waals surface area (Å²) < 4.78 is 11.4. The summed E-state index contributed by atoms with van der Waals surface area (Å²) in [6.45, 7) is 11.3. The van der Waals surface area contributed by atoms with Crippen LogP contribution in [-0.2, 0) is 32.8 Å². The molecule has 3 aromatic carbocycles. The van der Waals surface area contributed by atoms with Gasteiger partial charge in [0.1, 0.15) is 5.75 Å². The third-order valence-electron chi connectivity index (χ3n) is 6.90. The molecule has 1 amide bonds. The number of hydrogen-bond acceptors (Lipinski definition) is 4. The molecule has 0 heterocycles. The lowest BCUT2D eigenvalue weighted by Gasteiger charge is -2.25. The fourth-order valence-electron chi connectivity index (χ4n) is 4.58. The highest BCUT2D eigenvalue weighted by atomic mass is 35.5. The molecule has 0 fully saturated rings. The molecule has 1 unspecified atom stereocenters. The van der Waals surface area contributed by atoms with Crippen LogP contribution < -0.4 is 4.74 Å². The molecular formula is C33H40ClNO5. The van der Waals surface area contributed by atoms with E-state index in [1.54, 1.807) is 24.0 Å². The van der Waals surface area contributed by atoms with Gasteiger partial charge in [-0.05, 0) is 65.3 Å². The van der Waals surface area contributed by atoms with Crippen molar-refractivity contribution in [1.82, 2.24) is 4.90 Å². The zero-order valence-electron chi connectivity index (χ0n) is 24.0. The van der Waals surface area contributed by atoms with E-state index in [1.807, 2.05) is 43.3 Å². The molecule has 3 aromatic rings. The average Bonchev–Trinajstić information content (AvgIpc) is 2.92. The molecule has 0 radical (unpaired) electrons. The smallest absolute Gasteiger partial charge is 0.333 e. The van der Waals surface area contributed by atoms with Crippen LogP contribution in [-0.4, -0.2) is 41.2 Å². The second kappa shape index (κ2) is 14.3. The Labute approximate surface area is 242 Å². The maximum atomic E-state index is 13.4. The molecule has 0 aromatic heterocycles. The van der Waals surface area contributed by atoms with Crippen LogP contribution in [0.4, 0.5) is 0 Å². The van der Waals surface area contributed by atoms with Crippen LogP contribution in [0.5, 0.6) is 5.75 Å². The van der Waals surface area contributed by atoms with Crippen LogP contribution in [0.1, 0.15) is 69.2 Å². The van der Waals surface area contributed by atoms with Gasteiger partial charge in [-0.25, -0.2) is 4.79 Å². The van der Waals surface area contributed by atoms with Gasteiger partial charge >= 0.3 is 5.97 Å². The Bertz CT molecular complexity index is 1230. The molecule has 1 N–H and O–H groups in total. The van der Waals surface area contributed by atoms with E-state index in [9.17, 15) is 14.7 Å². The zero-order valence-corrected chi connectivity index (χ0v) is 24.8. The minimum Gasteiger partial charge on any atom is -0.484 e. The molecule has 0 spiro atoms. The first-order valence-electron chi connectivity index (χ1n) is 13.7. The van der Waals surface area contributed by atoms with Crippen LogP contribution in [0.15, 0.2) is 72.8 Å². The number of rotatable bonds is 13. The molecular weight excluding hydrogens is 526 g/mol. The van der Waals surface area contributed by atoms with Crippen LogP contribution >= 0.6 is 11.6 Å². The van der Waals surface area contributed by atoms with Crippen molar-refractivity contribution in [2.75, 3.05) is 13.2 Å². The maximum absolute atomic E-state index is 13.4. The van der Waals surface area contributed by atoms with Crippen LogP contribution in [0.3, 0.4) is 0 Å². The molecule has 0 saturated heterocycles. The van der Waals surface area contributed by atoms with Crippen LogP contribution in [0, 0.1) is 0 Å². The number of benzene rings is 3. The lowest BCUT2D eigenvalue weighted by molar-refractivity contribution is -0.151. The van der Waals surface area contributed by atoms with E-state index >= 15 is 0 Å². The van der Waals surface area contributed by atoms with Crippen molar-refractivity contribution < 1.29 is 24.2 Å². The van der Waals surface area contributed by atoms with Gasteiger partial charge in [-0.2, -0.15) is 0 Å². The number of carboxylic acids is 1. The summed E-state index contributed by atoms with van der Waals surface area (Å²) in [7, 11) is 0. The van der Waals surface area contributed by atoms with Gasteiger partial charge in [0, 0.05) is 30.6 Å². The van der Waals surface area contributed by atoms with Crippen molar-refractivity contribution in [2.45, 2.75) is 71.6 Å². The number of aliphatic carboxylic acids is 1. The van der Waals surface area contributed by atoms with Crippen LogP contribution in [0.2, 0.25) is 5.02 Å². The minimum atomic E-state index is -0.978. The topological polar surface area (TPSA) is 76.1 Å². The standard InChI is InChI=1S/C33H40ClNO5/c1-6-29(31(32(37)38)39-7-2)25-12-18-28(19-13-25)40-22-30(36)35(21-24-10-16-27(34)17-11-24)20-23-8-14-26(15-9-23)33(3,4)5/h8-19,29,31H,6-7,20-22H2,1-5H3,(H,37,38)/t29?,31-/m0/s1. The number of amides is 1. The van der Waals surface area contributed by atoms with Crippen molar-refractivity contribution in [3.8, 4) is 5.75 Å². The molecule has 214 valence electrons. The molecule has 2 atom stereocenters. The molecule has 40 heavy (non-hydrogen) atoms. The van der Waals surface area contributed by atoms with E-state index in [0.717, 1.165) is 16.7 Å². The Morgan fingerprint density at radius 2 is 1.43 bits per heavy atom. The number of hydrogen-bond donors (Lipinski definition) is 1. The first kappa shape index (κ1) is 31.2. The van der Waals surface area contributed by atoms with E-state index < -0.39 is 12.1 Å². The van der Waals surface area contributed by atoms with Gasteiger partial charge in [-0.1, -0.05) is 87.8 Å². The lowest BCUT2D eigenvalue weighted by Crippen LogP contribution is -2.34. The van der Waals surface area contributed by atoms with Crippen molar-refractivity contribution in [3.63, 3.8) is 0 Å². The molecule has 7 heteroatoms. The predicted octanol–water partition coefficient (Wildman–Crippen LogP) is 7.23. The summed E-state index contributed by atoms with van der Waals surface area (Å²) in [5, 5.41) is 10.2. The van der Waals surface area contributed by atoms with Gasteiger partial charge in [-0.15, -0.1) is 0 Å². The second-order valence-corrected chi connectivity index (χ2v) is 11.3. The SMILES string of the molecule is CCO[C@H](C(=O)O)C(CC)c1ccc(OCC(=O)N(Cc2ccc(Cl)cc2)Cc2ccc(C(C)(C)C)cc2)cc1. The highest BCUT2D eigenvalue weighted by Gasteiger charge is 2.28. The number of nitrogens with zero attached hydrogens (tertiary/aromatic N) is 1. The number of ether oxygens (including phenoxy) is 2. The number of carboxylic acid groups (broad SMARTS) is 1. The van der Waals surface area contributed by atoms with Gasteiger partial charge in [-0.3, -0.25) is 4.79 Å². The minimum absolute atomic E-state index is 0.0510. The molecule has 0 aliphatic carbocycles. The summed E-state index contributed by atoms with van der Waals surface area (Å²) >= 11 is 6.06. The Kier molecular flexibility index (Phi) is 11.2. The first-order valence-corrected chi connectivity index (χ1v) is 14.1. The number of carbonyl (C=O) groups is 2. The van der Waals surface area contributed by atoms with Gasteiger partial charge in [0.05, 0.1) is 0 Å². The van der Waals surface area contributed by atoms with E-state index in [-0.39, 0.29) is 23.8 Å². The third-order valence-corrected chi connectivity index (χ3v) is 7.15. The van der Waals surface area contributed by atoms with Crippen molar-refractivity contribution in [2.24, 2.45) is 0 Å². The third kappa shape index (κ3) is 8.83. The summed E-state index contributed by atoms with van der Waals surface area (Å²) in [4.78, 5) is 26.9. The number of carbonyl (C=O) groups excluding carboxylic acids is 1. The summed E-state index contributed by atoms with van der Waals surface area (Å²) in [6, 6.07) is 23.1. The van der Waals surface area contributed by atoms with E-state index in [0.29, 0.717) is 36.9 Å². The first-order chi connectivity index (χ1) is 19.0. The predicted molar refractivity (Wildman–Crippen MR) is 159 cm³/mol. The van der Waals surface area contributed by atoms with Crippen molar-refractivity contribution in [3.05, 3.63) is 100 Å². The Hall–Kier alpha value is -3.35. The largest absolute Gasteiger partial charge is 0.484 e. The molecule has 0 saturated carbocycles. The highest BCUT2D eigenvalue weighted by Crippen LogP contribution is 2.28. The van der Waals surface area contributed by atoms with Crippen LogP contribution in [0.25, 0.3) is 0 Å². The molecule has 0 bridgehead atoms.